The van der Waals surface area contributed by atoms with Gasteiger partial charge in [0.05, 0.1) is 17.0 Å². The number of likely N-dealkylation sites (tertiary alicyclic amines) is 1. The molecule has 1 aromatic carbocycles. The maximum absolute atomic E-state index is 12.8. The summed E-state index contributed by atoms with van der Waals surface area (Å²) in [6, 6.07) is 16.6. The van der Waals surface area contributed by atoms with Crippen LogP contribution in [0.1, 0.15) is 37.8 Å². The van der Waals surface area contributed by atoms with Gasteiger partial charge in [0.25, 0.3) is 5.56 Å². The summed E-state index contributed by atoms with van der Waals surface area (Å²) in [6.45, 7) is 10.2. The minimum atomic E-state index is -0.133. The van der Waals surface area contributed by atoms with Gasteiger partial charge in [-0.25, -0.2) is 0 Å². The standard InChI is InChI=1S/C29H36N6O/c1-20(30)24-10-9-23(35-17-15-34(16-18-35)22-11-13-33(3)14-12-22)19-27(24)31-21(2)28-25-7-5-4-6-8-26(25)32-29(28)36/h4-10,19,22,30H,11-18H2,1-3H3,(H,32,36). The molecule has 0 unspecified atom stereocenters. The number of nitrogens with zero attached hydrogens (tertiary/aromatic N) is 4. The Kier molecular flexibility index (Phi) is 7.03. The Morgan fingerprint density at radius 1 is 0.972 bits per heavy atom. The van der Waals surface area contributed by atoms with Crippen molar-refractivity contribution in [3.8, 4) is 11.3 Å². The molecule has 7 nitrogen and oxygen atoms in total. The monoisotopic (exact) mass is 484 g/mol. The number of anilines is 1. The number of piperidine rings is 1. The van der Waals surface area contributed by atoms with Crippen LogP contribution >= 0.6 is 0 Å². The third-order valence-electron chi connectivity index (χ3n) is 7.70. The molecule has 1 aliphatic carbocycles. The lowest BCUT2D eigenvalue weighted by Gasteiger charge is -2.43. The van der Waals surface area contributed by atoms with Crippen molar-refractivity contribution < 1.29 is 0 Å². The zero-order chi connectivity index (χ0) is 25.2. The molecule has 1 aromatic rings. The van der Waals surface area contributed by atoms with Crippen LogP contribution in [-0.4, -0.2) is 78.6 Å². The van der Waals surface area contributed by atoms with Crippen molar-refractivity contribution in [1.82, 2.24) is 14.8 Å². The molecule has 0 atom stereocenters. The smallest absolute Gasteiger partial charge is 0.258 e. The van der Waals surface area contributed by atoms with Crippen LogP contribution in [0.3, 0.4) is 0 Å². The number of H-pyrrole nitrogens is 1. The molecule has 0 spiro atoms. The number of nitrogens with one attached hydrogen (secondary N) is 2. The molecule has 3 heterocycles. The van der Waals surface area contributed by atoms with Gasteiger partial charge in [0.1, 0.15) is 0 Å². The molecular weight excluding hydrogens is 448 g/mol. The Balaban J connectivity index is 1.40. The number of aromatic amines is 1. The van der Waals surface area contributed by atoms with E-state index in [1.54, 1.807) is 6.92 Å². The second kappa shape index (κ2) is 10.4. The predicted molar refractivity (Wildman–Crippen MR) is 149 cm³/mol. The van der Waals surface area contributed by atoms with E-state index in [1.807, 2.05) is 43.3 Å². The summed E-state index contributed by atoms with van der Waals surface area (Å²) in [6.07, 6.45) is 2.52. The van der Waals surface area contributed by atoms with E-state index in [0.29, 0.717) is 23.0 Å². The summed E-state index contributed by atoms with van der Waals surface area (Å²) in [5.74, 6) is 0. The average molecular weight is 485 g/mol. The van der Waals surface area contributed by atoms with Gasteiger partial charge in [-0.3, -0.25) is 14.7 Å². The molecule has 2 fully saturated rings. The van der Waals surface area contributed by atoms with Gasteiger partial charge in [0.2, 0.25) is 0 Å². The molecule has 0 radical (unpaired) electrons. The minimum Gasteiger partial charge on any atom is -0.369 e. The minimum absolute atomic E-state index is 0.133. The molecule has 5 rings (SSSR count). The first-order chi connectivity index (χ1) is 17.4. The van der Waals surface area contributed by atoms with E-state index in [9.17, 15) is 4.79 Å². The number of aliphatic imine (C=N–C) groups is 1. The molecular formula is C29H36N6O. The van der Waals surface area contributed by atoms with E-state index >= 15 is 0 Å². The van der Waals surface area contributed by atoms with Gasteiger partial charge in [0, 0.05) is 60.4 Å². The number of aromatic nitrogens is 1. The number of benzene rings is 1. The van der Waals surface area contributed by atoms with Crippen LogP contribution in [0, 0.1) is 5.41 Å². The maximum atomic E-state index is 12.8. The summed E-state index contributed by atoms with van der Waals surface area (Å²) in [5.41, 5.74) is 5.90. The predicted octanol–water partition coefficient (Wildman–Crippen LogP) is 4.22. The second-order valence-corrected chi connectivity index (χ2v) is 10.1. The topological polar surface area (TPSA) is 78.8 Å². The van der Waals surface area contributed by atoms with E-state index in [0.717, 1.165) is 54.4 Å². The lowest BCUT2D eigenvalue weighted by atomic mass is 10.0. The van der Waals surface area contributed by atoms with Crippen LogP contribution in [0.25, 0.3) is 11.3 Å². The van der Waals surface area contributed by atoms with Gasteiger partial charge in [-0.2, -0.15) is 0 Å². The molecule has 2 saturated heterocycles. The molecule has 0 amide bonds. The van der Waals surface area contributed by atoms with Crippen molar-refractivity contribution in [3.05, 3.63) is 70.0 Å². The zero-order valence-electron chi connectivity index (χ0n) is 21.6. The van der Waals surface area contributed by atoms with E-state index in [1.165, 1.54) is 25.9 Å². The summed E-state index contributed by atoms with van der Waals surface area (Å²) in [4.78, 5) is 28.2. The van der Waals surface area contributed by atoms with E-state index in [2.05, 4.69) is 38.9 Å². The second-order valence-electron chi connectivity index (χ2n) is 10.1. The number of piperazine rings is 1. The third-order valence-corrected chi connectivity index (χ3v) is 7.70. The number of fused-ring (bicyclic) bond motifs is 1. The van der Waals surface area contributed by atoms with Gasteiger partial charge in [0.15, 0.2) is 0 Å². The van der Waals surface area contributed by atoms with Crippen LogP contribution in [0.2, 0.25) is 0 Å². The summed E-state index contributed by atoms with van der Waals surface area (Å²) in [7, 11) is 2.21. The molecule has 7 heteroatoms. The van der Waals surface area contributed by atoms with Gasteiger partial charge >= 0.3 is 0 Å². The van der Waals surface area contributed by atoms with E-state index < -0.39 is 0 Å². The normalized spacial score (nSPS) is 18.6. The molecule has 36 heavy (non-hydrogen) atoms. The third kappa shape index (κ3) is 4.99. The van der Waals surface area contributed by atoms with Crippen LogP contribution in [0.5, 0.6) is 0 Å². The highest BCUT2D eigenvalue weighted by atomic mass is 16.1. The first kappa shape index (κ1) is 24.4. The quantitative estimate of drug-likeness (QED) is 0.532. The van der Waals surface area contributed by atoms with Crippen molar-refractivity contribution in [2.45, 2.75) is 32.7 Å². The van der Waals surface area contributed by atoms with Crippen LogP contribution < -0.4 is 10.5 Å². The first-order valence-electron chi connectivity index (χ1n) is 12.9. The van der Waals surface area contributed by atoms with Gasteiger partial charge in [-0.05, 0) is 71.1 Å². The van der Waals surface area contributed by atoms with Crippen molar-refractivity contribution in [2.24, 2.45) is 4.99 Å². The molecule has 2 N–H and O–H groups in total. The van der Waals surface area contributed by atoms with Crippen molar-refractivity contribution in [2.75, 3.05) is 51.2 Å². The number of hydrogen-bond acceptors (Lipinski definition) is 6. The molecule has 0 saturated carbocycles. The van der Waals surface area contributed by atoms with Crippen LogP contribution in [0.4, 0.5) is 11.4 Å². The zero-order valence-corrected chi connectivity index (χ0v) is 21.6. The lowest BCUT2D eigenvalue weighted by Crippen LogP contribution is -2.53. The molecule has 3 aliphatic heterocycles. The molecule has 0 bridgehead atoms. The van der Waals surface area contributed by atoms with Gasteiger partial charge in [-0.1, -0.05) is 24.3 Å². The fourth-order valence-corrected chi connectivity index (χ4v) is 5.61. The van der Waals surface area contributed by atoms with E-state index in [4.69, 9.17) is 10.4 Å². The summed E-state index contributed by atoms with van der Waals surface area (Å²) >= 11 is 0. The molecule has 0 aromatic heterocycles. The molecule has 188 valence electrons. The summed E-state index contributed by atoms with van der Waals surface area (Å²) in [5, 5.41) is 8.30. The van der Waals surface area contributed by atoms with Gasteiger partial charge < -0.3 is 20.2 Å². The Morgan fingerprint density at radius 3 is 2.42 bits per heavy atom. The highest BCUT2D eigenvalue weighted by Gasteiger charge is 2.27. The van der Waals surface area contributed by atoms with Crippen molar-refractivity contribution >= 4 is 22.8 Å². The number of hydrogen-bond donors (Lipinski definition) is 2. The summed E-state index contributed by atoms with van der Waals surface area (Å²) < 4.78 is 0. The number of rotatable bonds is 5. The Hall–Kier alpha value is -3.29. The average Bonchev–Trinajstić information content (AvgIpc) is 3.02. The Bertz CT molecular complexity index is 1300. The lowest BCUT2D eigenvalue weighted by molar-refractivity contribution is 0.115. The molecule has 4 aliphatic rings. The van der Waals surface area contributed by atoms with Crippen molar-refractivity contribution in [3.63, 3.8) is 0 Å². The Morgan fingerprint density at radius 2 is 1.69 bits per heavy atom. The van der Waals surface area contributed by atoms with Crippen LogP contribution in [-0.2, 0) is 0 Å². The highest BCUT2D eigenvalue weighted by Crippen LogP contribution is 2.30. The van der Waals surface area contributed by atoms with Gasteiger partial charge in [-0.15, -0.1) is 0 Å². The van der Waals surface area contributed by atoms with E-state index in [-0.39, 0.29) is 5.56 Å². The first-order valence-corrected chi connectivity index (χ1v) is 12.9. The maximum Gasteiger partial charge on any atom is 0.258 e. The highest BCUT2D eigenvalue weighted by molar-refractivity contribution is 6.08. The fourth-order valence-electron chi connectivity index (χ4n) is 5.61. The largest absolute Gasteiger partial charge is 0.369 e. The Labute approximate surface area is 213 Å². The van der Waals surface area contributed by atoms with Crippen LogP contribution in [0.15, 0.2) is 58.3 Å². The fraction of sp³-hybridized carbons (Fsp3) is 0.414. The SMILES string of the molecule is CC(=N)c1ccc(N2CCN(C3CCN(C)CC3)CC2)cc1N=C(C)c1c2cccccc-2[nH]c1=O. The van der Waals surface area contributed by atoms with Crippen molar-refractivity contribution in [1.29, 1.82) is 5.41 Å².